The second-order valence-electron chi connectivity index (χ2n) is 3.33. The van der Waals surface area contributed by atoms with Crippen molar-refractivity contribution in [2.24, 2.45) is 5.73 Å². The van der Waals surface area contributed by atoms with Crippen molar-refractivity contribution in [2.45, 2.75) is 25.7 Å². The average Bonchev–Trinajstić information content (AvgIpc) is 2.71. The molecule has 0 saturated heterocycles. The van der Waals surface area contributed by atoms with Crippen LogP contribution in [0, 0.1) is 0 Å². The van der Waals surface area contributed by atoms with Crippen molar-refractivity contribution >= 4 is 0 Å². The van der Waals surface area contributed by atoms with Crippen LogP contribution in [-0.2, 0) is 9.47 Å². The summed E-state index contributed by atoms with van der Waals surface area (Å²) >= 11 is 0. The van der Waals surface area contributed by atoms with Gasteiger partial charge in [0.05, 0.1) is 18.2 Å². The van der Waals surface area contributed by atoms with Gasteiger partial charge in [-0.1, -0.05) is 6.92 Å². The molecule has 1 rings (SSSR count). The van der Waals surface area contributed by atoms with Gasteiger partial charge in [-0.2, -0.15) is 0 Å². The number of rotatable bonds is 6. The van der Waals surface area contributed by atoms with E-state index < -0.39 is 0 Å². The quantitative estimate of drug-likeness (QED) is 0.718. The minimum Gasteiger partial charge on any atom is -0.350 e. The number of hydrogen-bond donors (Lipinski definition) is 1. The lowest BCUT2D eigenvalue weighted by Gasteiger charge is -2.21. The summed E-state index contributed by atoms with van der Waals surface area (Å²) < 4.78 is 12.4. The van der Waals surface area contributed by atoms with Crippen LogP contribution < -0.4 is 5.73 Å². The SMILES string of the molecule is CCC(CN)n1cncc1C(OC)OC. The van der Waals surface area contributed by atoms with Crippen molar-refractivity contribution in [1.29, 1.82) is 0 Å². The summed E-state index contributed by atoms with van der Waals surface area (Å²) in [7, 11) is 3.21. The molecule has 0 aliphatic carbocycles. The van der Waals surface area contributed by atoms with Crippen LogP contribution in [0.1, 0.15) is 31.4 Å². The Balaban J connectivity index is 2.93. The number of hydrogen-bond acceptors (Lipinski definition) is 4. The minimum absolute atomic E-state index is 0.246. The van der Waals surface area contributed by atoms with Gasteiger partial charge in [0.2, 0.25) is 0 Å². The Labute approximate surface area is 90.2 Å². The first-order valence-electron chi connectivity index (χ1n) is 5.05. The Morgan fingerprint density at radius 1 is 1.47 bits per heavy atom. The van der Waals surface area contributed by atoms with Crippen molar-refractivity contribution in [3.8, 4) is 0 Å². The molecular formula is C10H19N3O2. The van der Waals surface area contributed by atoms with Gasteiger partial charge < -0.3 is 19.8 Å². The number of methoxy groups -OCH3 is 2. The van der Waals surface area contributed by atoms with Gasteiger partial charge in [0, 0.05) is 26.8 Å². The molecule has 1 aromatic heterocycles. The van der Waals surface area contributed by atoms with Crippen molar-refractivity contribution in [1.82, 2.24) is 9.55 Å². The predicted molar refractivity (Wildman–Crippen MR) is 57.4 cm³/mol. The number of nitrogens with zero attached hydrogens (tertiary/aromatic N) is 2. The van der Waals surface area contributed by atoms with Crippen LogP contribution in [0.5, 0.6) is 0 Å². The molecule has 1 atom stereocenters. The van der Waals surface area contributed by atoms with E-state index in [9.17, 15) is 0 Å². The number of ether oxygens (including phenoxy) is 2. The van der Waals surface area contributed by atoms with Crippen LogP contribution in [0.15, 0.2) is 12.5 Å². The molecule has 0 aromatic carbocycles. The summed E-state index contributed by atoms with van der Waals surface area (Å²) in [5, 5.41) is 0. The molecule has 0 fully saturated rings. The monoisotopic (exact) mass is 213 g/mol. The zero-order valence-corrected chi connectivity index (χ0v) is 9.51. The smallest absolute Gasteiger partial charge is 0.200 e. The third-order valence-electron chi connectivity index (χ3n) is 2.50. The van der Waals surface area contributed by atoms with E-state index in [-0.39, 0.29) is 12.3 Å². The van der Waals surface area contributed by atoms with E-state index >= 15 is 0 Å². The molecule has 0 bridgehead atoms. The summed E-state index contributed by atoms with van der Waals surface area (Å²) in [6.07, 6.45) is 4.09. The summed E-state index contributed by atoms with van der Waals surface area (Å²) in [6, 6.07) is 0.246. The van der Waals surface area contributed by atoms with Gasteiger partial charge in [0.1, 0.15) is 0 Å². The summed E-state index contributed by atoms with van der Waals surface area (Å²) in [4.78, 5) is 4.10. The summed E-state index contributed by atoms with van der Waals surface area (Å²) in [5.41, 5.74) is 6.60. The molecule has 0 saturated carbocycles. The lowest BCUT2D eigenvalue weighted by Crippen LogP contribution is -2.21. The lowest BCUT2D eigenvalue weighted by atomic mass is 10.2. The number of imidazole rings is 1. The fourth-order valence-corrected chi connectivity index (χ4v) is 1.62. The van der Waals surface area contributed by atoms with Crippen LogP contribution in [0.3, 0.4) is 0 Å². The first-order valence-corrected chi connectivity index (χ1v) is 5.05. The van der Waals surface area contributed by atoms with Crippen LogP contribution in [0.25, 0.3) is 0 Å². The van der Waals surface area contributed by atoms with Gasteiger partial charge in [0.25, 0.3) is 0 Å². The van der Waals surface area contributed by atoms with Gasteiger partial charge in [-0.25, -0.2) is 4.98 Å². The molecule has 5 nitrogen and oxygen atoms in total. The van der Waals surface area contributed by atoms with Crippen LogP contribution in [-0.4, -0.2) is 30.3 Å². The largest absolute Gasteiger partial charge is 0.350 e. The second kappa shape index (κ2) is 5.85. The van der Waals surface area contributed by atoms with E-state index in [0.717, 1.165) is 12.1 Å². The second-order valence-corrected chi connectivity index (χ2v) is 3.33. The van der Waals surface area contributed by atoms with Gasteiger partial charge in [-0.15, -0.1) is 0 Å². The topological polar surface area (TPSA) is 62.3 Å². The average molecular weight is 213 g/mol. The lowest BCUT2D eigenvalue weighted by molar-refractivity contribution is -0.111. The number of aromatic nitrogens is 2. The van der Waals surface area contributed by atoms with E-state index in [1.165, 1.54) is 0 Å². The molecule has 1 unspecified atom stereocenters. The number of nitrogens with two attached hydrogens (primary N) is 1. The van der Waals surface area contributed by atoms with Gasteiger partial charge >= 0.3 is 0 Å². The molecule has 0 aliphatic heterocycles. The fourth-order valence-electron chi connectivity index (χ4n) is 1.62. The van der Waals surface area contributed by atoms with Gasteiger partial charge in [-0.05, 0) is 6.42 Å². The Kier molecular flexibility index (Phi) is 4.74. The Bertz CT molecular complexity index is 253. The van der Waals surface area contributed by atoms with Crippen molar-refractivity contribution in [3.63, 3.8) is 0 Å². The first-order chi connectivity index (χ1) is 7.28. The molecule has 0 aliphatic rings. The highest BCUT2D eigenvalue weighted by Crippen LogP contribution is 2.21. The van der Waals surface area contributed by atoms with Crippen LogP contribution >= 0.6 is 0 Å². The highest BCUT2D eigenvalue weighted by atomic mass is 16.7. The maximum Gasteiger partial charge on any atom is 0.200 e. The van der Waals surface area contributed by atoms with E-state index in [4.69, 9.17) is 15.2 Å². The van der Waals surface area contributed by atoms with E-state index in [0.29, 0.717) is 6.54 Å². The maximum atomic E-state index is 5.70. The van der Waals surface area contributed by atoms with Crippen molar-refractivity contribution < 1.29 is 9.47 Å². The fraction of sp³-hybridized carbons (Fsp3) is 0.700. The zero-order chi connectivity index (χ0) is 11.3. The normalized spacial score (nSPS) is 13.4. The standard InChI is InChI=1S/C10H19N3O2/c1-4-8(5-11)13-7-12-6-9(13)10(14-2)15-3/h6-8,10H,4-5,11H2,1-3H3. The van der Waals surface area contributed by atoms with Crippen molar-refractivity contribution in [3.05, 3.63) is 18.2 Å². The van der Waals surface area contributed by atoms with Gasteiger partial charge in [0.15, 0.2) is 6.29 Å². The third-order valence-corrected chi connectivity index (χ3v) is 2.50. The molecule has 0 radical (unpaired) electrons. The molecule has 15 heavy (non-hydrogen) atoms. The maximum absolute atomic E-state index is 5.70. The minimum atomic E-state index is -0.381. The van der Waals surface area contributed by atoms with E-state index in [1.807, 2.05) is 4.57 Å². The van der Waals surface area contributed by atoms with Crippen LogP contribution in [0.4, 0.5) is 0 Å². The summed E-state index contributed by atoms with van der Waals surface area (Å²) in [6.45, 7) is 2.68. The first kappa shape index (κ1) is 12.2. The highest BCUT2D eigenvalue weighted by molar-refractivity contribution is 5.02. The molecule has 2 N–H and O–H groups in total. The van der Waals surface area contributed by atoms with E-state index in [2.05, 4.69) is 11.9 Å². The molecule has 0 spiro atoms. The third kappa shape index (κ3) is 2.56. The molecule has 86 valence electrons. The predicted octanol–water partition coefficient (Wildman–Crippen LogP) is 1.08. The molecular weight excluding hydrogens is 194 g/mol. The molecule has 0 amide bonds. The molecule has 1 aromatic rings. The van der Waals surface area contributed by atoms with Crippen molar-refractivity contribution in [2.75, 3.05) is 20.8 Å². The summed E-state index contributed by atoms with van der Waals surface area (Å²) in [5.74, 6) is 0. The van der Waals surface area contributed by atoms with Gasteiger partial charge in [-0.3, -0.25) is 0 Å². The Morgan fingerprint density at radius 2 is 2.13 bits per heavy atom. The Hall–Kier alpha value is -0.910. The highest BCUT2D eigenvalue weighted by Gasteiger charge is 2.18. The Morgan fingerprint density at radius 3 is 2.60 bits per heavy atom. The zero-order valence-electron chi connectivity index (χ0n) is 9.51. The van der Waals surface area contributed by atoms with Crippen LogP contribution in [0.2, 0.25) is 0 Å². The molecule has 1 heterocycles. The molecule has 5 heteroatoms. The van der Waals surface area contributed by atoms with E-state index in [1.54, 1.807) is 26.7 Å².